The molecule has 0 spiro atoms. The van der Waals surface area contributed by atoms with Crippen LogP contribution in [0, 0.1) is 5.82 Å². The molecule has 1 unspecified atom stereocenters. The first-order valence-corrected chi connectivity index (χ1v) is 10.2. The maximum atomic E-state index is 14.0. The Morgan fingerprint density at radius 2 is 1.93 bits per heavy atom. The van der Waals surface area contributed by atoms with Gasteiger partial charge in [0, 0.05) is 51.0 Å². The third-order valence-corrected chi connectivity index (χ3v) is 5.97. The number of benzene rings is 1. The molecule has 1 aromatic heterocycles. The van der Waals surface area contributed by atoms with Gasteiger partial charge >= 0.3 is 0 Å². The molecule has 2 fully saturated rings. The summed E-state index contributed by atoms with van der Waals surface area (Å²) in [6.45, 7) is 2.37. The van der Waals surface area contributed by atoms with Crippen molar-refractivity contribution in [1.29, 1.82) is 0 Å². The summed E-state index contributed by atoms with van der Waals surface area (Å²) < 4.78 is 19.4. The highest BCUT2D eigenvalue weighted by atomic mass is 19.1. The van der Waals surface area contributed by atoms with Crippen molar-refractivity contribution in [2.24, 2.45) is 0 Å². The van der Waals surface area contributed by atoms with Crippen molar-refractivity contribution in [2.45, 2.75) is 37.6 Å². The van der Waals surface area contributed by atoms with Crippen molar-refractivity contribution in [2.75, 3.05) is 31.1 Å². The normalized spacial score (nSPS) is 22.0. The molecule has 7 heteroatoms. The summed E-state index contributed by atoms with van der Waals surface area (Å²) in [5, 5.41) is 3.08. The minimum Gasteiger partial charge on any atom is -0.469 e. The van der Waals surface area contributed by atoms with E-state index in [0.717, 1.165) is 5.76 Å². The fraction of sp³-hybridized carbons (Fsp3) is 0.455. The molecule has 2 saturated heterocycles. The van der Waals surface area contributed by atoms with Gasteiger partial charge in [-0.25, -0.2) is 4.39 Å². The number of carbonyl (C=O) groups is 2. The summed E-state index contributed by atoms with van der Waals surface area (Å²) >= 11 is 0. The Labute approximate surface area is 169 Å². The van der Waals surface area contributed by atoms with E-state index in [-0.39, 0.29) is 17.6 Å². The van der Waals surface area contributed by atoms with E-state index in [0.29, 0.717) is 64.0 Å². The van der Waals surface area contributed by atoms with Crippen LogP contribution in [-0.2, 0) is 16.0 Å². The molecule has 154 valence electrons. The lowest BCUT2D eigenvalue weighted by Gasteiger charge is -2.37. The first-order chi connectivity index (χ1) is 14.0. The molecule has 1 aromatic carbocycles. The van der Waals surface area contributed by atoms with Gasteiger partial charge in [-0.3, -0.25) is 9.59 Å². The number of furan rings is 1. The van der Waals surface area contributed by atoms with E-state index in [9.17, 15) is 14.0 Å². The Hall–Kier alpha value is -2.83. The lowest BCUT2D eigenvalue weighted by atomic mass is 9.87. The number of carbonyl (C=O) groups excluding carboxylic acids is 2. The molecule has 0 radical (unpaired) electrons. The van der Waals surface area contributed by atoms with Crippen molar-refractivity contribution in [1.82, 2.24) is 10.2 Å². The Balaban J connectivity index is 1.32. The smallest absolute Gasteiger partial charge is 0.222 e. The maximum Gasteiger partial charge on any atom is 0.222 e. The predicted molar refractivity (Wildman–Crippen MR) is 107 cm³/mol. The summed E-state index contributed by atoms with van der Waals surface area (Å²) in [4.78, 5) is 28.5. The second kappa shape index (κ2) is 8.27. The lowest BCUT2D eigenvalue weighted by Crippen LogP contribution is -2.50. The average Bonchev–Trinajstić information content (AvgIpc) is 3.37. The highest BCUT2D eigenvalue weighted by Crippen LogP contribution is 2.30. The van der Waals surface area contributed by atoms with Crippen molar-refractivity contribution < 1.29 is 18.4 Å². The Morgan fingerprint density at radius 1 is 1.14 bits per heavy atom. The van der Waals surface area contributed by atoms with Gasteiger partial charge in [-0.1, -0.05) is 12.1 Å². The molecule has 29 heavy (non-hydrogen) atoms. The molecule has 0 aliphatic carbocycles. The highest BCUT2D eigenvalue weighted by molar-refractivity contribution is 5.80. The van der Waals surface area contributed by atoms with Gasteiger partial charge in [0.1, 0.15) is 11.6 Å². The van der Waals surface area contributed by atoms with E-state index < -0.39 is 5.54 Å². The number of piperazine rings is 1. The van der Waals surface area contributed by atoms with Gasteiger partial charge in [0.25, 0.3) is 0 Å². The molecular weight excluding hydrogens is 373 g/mol. The molecule has 2 amide bonds. The molecule has 2 aromatic rings. The van der Waals surface area contributed by atoms with Crippen molar-refractivity contribution in [3.05, 3.63) is 54.2 Å². The average molecular weight is 399 g/mol. The molecule has 0 saturated carbocycles. The van der Waals surface area contributed by atoms with Gasteiger partial charge < -0.3 is 19.5 Å². The van der Waals surface area contributed by atoms with Crippen molar-refractivity contribution in [3.8, 4) is 0 Å². The molecular formula is C22H26FN3O3. The van der Waals surface area contributed by atoms with Gasteiger partial charge in [0.05, 0.1) is 12.0 Å². The summed E-state index contributed by atoms with van der Waals surface area (Å²) in [5.41, 5.74) is 0.172. The number of rotatable bonds is 6. The van der Waals surface area contributed by atoms with Crippen LogP contribution in [-0.4, -0.2) is 48.4 Å². The maximum absolute atomic E-state index is 14.0. The standard InChI is InChI=1S/C22H26FN3O3/c23-18-5-1-2-6-19(18)25-11-13-26(14-12-25)21(28)8-10-22(9-7-20(27)24-22)16-17-4-3-15-29-17/h1-6,15H,7-14,16H2,(H,24,27). The fourth-order valence-corrected chi connectivity index (χ4v) is 4.34. The number of amides is 2. The SMILES string of the molecule is O=C1CCC(CCC(=O)N2CCN(c3ccccc3F)CC2)(Cc2ccco2)N1. The zero-order valence-electron chi connectivity index (χ0n) is 16.4. The zero-order chi connectivity index (χ0) is 20.3. The number of hydrogen-bond donors (Lipinski definition) is 1. The molecule has 4 rings (SSSR count). The van der Waals surface area contributed by atoms with Gasteiger partial charge in [-0.05, 0) is 37.1 Å². The minimum atomic E-state index is -0.417. The van der Waals surface area contributed by atoms with E-state index >= 15 is 0 Å². The van der Waals surface area contributed by atoms with Crippen LogP contribution < -0.4 is 10.2 Å². The summed E-state index contributed by atoms with van der Waals surface area (Å²) in [5.74, 6) is 0.697. The van der Waals surface area contributed by atoms with Crippen LogP contribution in [0.2, 0.25) is 0 Å². The zero-order valence-corrected chi connectivity index (χ0v) is 16.4. The molecule has 1 N–H and O–H groups in total. The Bertz CT molecular complexity index is 862. The first-order valence-electron chi connectivity index (χ1n) is 10.2. The van der Waals surface area contributed by atoms with Crippen LogP contribution in [0.4, 0.5) is 10.1 Å². The molecule has 6 nitrogen and oxygen atoms in total. The Kier molecular flexibility index (Phi) is 5.56. The van der Waals surface area contributed by atoms with Gasteiger partial charge in [-0.15, -0.1) is 0 Å². The van der Waals surface area contributed by atoms with Gasteiger partial charge in [-0.2, -0.15) is 0 Å². The number of para-hydroxylation sites is 1. The quantitative estimate of drug-likeness (QED) is 0.811. The van der Waals surface area contributed by atoms with Crippen LogP contribution in [0.15, 0.2) is 47.1 Å². The largest absolute Gasteiger partial charge is 0.469 e. The first kappa shape index (κ1) is 19.5. The molecule has 2 aliphatic rings. The van der Waals surface area contributed by atoms with Crippen LogP contribution in [0.1, 0.15) is 31.4 Å². The number of nitrogens with one attached hydrogen (secondary N) is 1. The highest BCUT2D eigenvalue weighted by Gasteiger charge is 2.39. The number of halogens is 1. The second-order valence-electron chi connectivity index (χ2n) is 7.90. The van der Waals surface area contributed by atoms with Crippen LogP contribution >= 0.6 is 0 Å². The fourth-order valence-electron chi connectivity index (χ4n) is 4.34. The van der Waals surface area contributed by atoms with E-state index in [1.54, 1.807) is 18.4 Å². The third-order valence-electron chi connectivity index (χ3n) is 5.97. The predicted octanol–water partition coefficient (Wildman–Crippen LogP) is 2.74. The molecule has 1 atom stereocenters. The number of hydrogen-bond acceptors (Lipinski definition) is 4. The third kappa shape index (κ3) is 4.44. The molecule has 3 heterocycles. The summed E-state index contributed by atoms with van der Waals surface area (Å²) in [6.07, 6.45) is 4.38. The topological polar surface area (TPSA) is 65.8 Å². The van der Waals surface area contributed by atoms with E-state index in [4.69, 9.17) is 4.42 Å². The van der Waals surface area contributed by atoms with E-state index in [1.165, 1.54) is 6.07 Å². The van der Waals surface area contributed by atoms with Crippen LogP contribution in [0.5, 0.6) is 0 Å². The molecule has 0 bridgehead atoms. The van der Waals surface area contributed by atoms with Gasteiger partial charge in [0.15, 0.2) is 0 Å². The minimum absolute atomic E-state index is 0.0301. The second-order valence-corrected chi connectivity index (χ2v) is 7.90. The van der Waals surface area contributed by atoms with Crippen molar-refractivity contribution in [3.63, 3.8) is 0 Å². The van der Waals surface area contributed by atoms with Crippen LogP contribution in [0.3, 0.4) is 0 Å². The van der Waals surface area contributed by atoms with E-state index in [1.807, 2.05) is 28.0 Å². The van der Waals surface area contributed by atoms with Crippen LogP contribution in [0.25, 0.3) is 0 Å². The summed E-state index contributed by atoms with van der Waals surface area (Å²) in [6, 6.07) is 10.5. The van der Waals surface area contributed by atoms with E-state index in [2.05, 4.69) is 5.32 Å². The number of nitrogens with zero attached hydrogens (tertiary/aromatic N) is 2. The van der Waals surface area contributed by atoms with Gasteiger partial charge in [0.2, 0.25) is 11.8 Å². The van der Waals surface area contributed by atoms with Crippen molar-refractivity contribution >= 4 is 17.5 Å². The Morgan fingerprint density at radius 3 is 2.59 bits per heavy atom. The molecule has 2 aliphatic heterocycles. The monoisotopic (exact) mass is 399 g/mol. The lowest BCUT2D eigenvalue weighted by molar-refractivity contribution is -0.132. The number of anilines is 1. The summed E-state index contributed by atoms with van der Waals surface area (Å²) in [7, 11) is 0.